The van der Waals surface area contributed by atoms with Gasteiger partial charge < -0.3 is 14.8 Å². The van der Waals surface area contributed by atoms with Crippen LogP contribution < -0.4 is 4.74 Å². The number of fused-ring (bicyclic) bond motifs is 4. The standard InChI is InChI=1S/C16H14N2O3.ClH/c19-16(20)11-5-10-2-4-21-14-7-13-9(1-3-17-13)6-12(14)15(10)18-8-11;/h1-4,6-7,10-11,17H,5,8H2,(H,19,20);1H. The number of aliphatic carboxylic acids is 1. The summed E-state index contributed by atoms with van der Waals surface area (Å²) in [5.74, 6) is -0.438. The molecule has 1 aromatic carbocycles. The van der Waals surface area contributed by atoms with E-state index < -0.39 is 11.9 Å². The number of hydrogen-bond donors (Lipinski definition) is 2. The first-order valence-corrected chi connectivity index (χ1v) is 6.94. The summed E-state index contributed by atoms with van der Waals surface area (Å²) >= 11 is 0. The summed E-state index contributed by atoms with van der Waals surface area (Å²) in [5.41, 5.74) is 2.90. The number of carboxylic acid groups (broad SMARTS) is 1. The third kappa shape index (κ3) is 2.27. The molecule has 0 amide bonds. The lowest BCUT2D eigenvalue weighted by molar-refractivity contribution is -0.141. The van der Waals surface area contributed by atoms with Gasteiger partial charge in [-0.05, 0) is 24.6 Å². The van der Waals surface area contributed by atoms with Gasteiger partial charge in [0.15, 0.2) is 0 Å². The molecule has 0 spiro atoms. The molecule has 0 aliphatic carbocycles. The number of carboxylic acids is 1. The number of H-pyrrole nitrogens is 1. The van der Waals surface area contributed by atoms with Crippen LogP contribution in [0, 0.1) is 11.8 Å². The van der Waals surface area contributed by atoms with Crippen LogP contribution in [-0.4, -0.2) is 28.3 Å². The number of hydrogen-bond acceptors (Lipinski definition) is 3. The van der Waals surface area contributed by atoms with Crippen molar-refractivity contribution in [3.63, 3.8) is 0 Å². The second kappa shape index (κ2) is 5.50. The molecule has 3 heterocycles. The fourth-order valence-electron chi connectivity index (χ4n) is 3.04. The average Bonchev–Trinajstić information content (AvgIpc) is 2.85. The molecule has 0 saturated carbocycles. The predicted molar refractivity (Wildman–Crippen MR) is 86.0 cm³/mol. The van der Waals surface area contributed by atoms with Crippen LogP contribution in [0.5, 0.6) is 5.75 Å². The Kier molecular flexibility index (Phi) is 3.66. The average molecular weight is 319 g/mol. The van der Waals surface area contributed by atoms with Crippen molar-refractivity contribution in [2.24, 2.45) is 16.8 Å². The molecule has 22 heavy (non-hydrogen) atoms. The van der Waals surface area contributed by atoms with Gasteiger partial charge in [0.2, 0.25) is 0 Å². The fourth-order valence-corrected chi connectivity index (χ4v) is 3.04. The Hall–Kier alpha value is -2.27. The molecule has 2 unspecified atom stereocenters. The zero-order chi connectivity index (χ0) is 14.4. The molecule has 2 aliphatic heterocycles. The smallest absolute Gasteiger partial charge is 0.308 e. The van der Waals surface area contributed by atoms with Crippen molar-refractivity contribution in [1.82, 2.24) is 4.98 Å². The molecular formula is C16H15ClN2O3. The Morgan fingerprint density at radius 3 is 3.09 bits per heavy atom. The highest BCUT2D eigenvalue weighted by atomic mass is 35.5. The second-order valence-corrected chi connectivity index (χ2v) is 5.46. The van der Waals surface area contributed by atoms with Gasteiger partial charge in [0.25, 0.3) is 0 Å². The maximum absolute atomic E-state index is 11.2. The first kappa shape index (κ1) is 14.7. The summed E-state index contributed by atoms with van der Waals surface area (Å²) in [4.78, 5) is 18.9. The predicted octanol–water partition coefficient (Wildman–Crippen LogP) is 3.01. The number of nitrogens with zero attached hydrogens (tertiary/aromatic N) is 1. The number of rotatable bonds is 1. The van der Waals surface area contributed by atoms with Crippen molar-refractivity contribution in [2.45, 2.75) is 6.42 Å². The van der Waals surface area contributed by atoms with Crippen molar-refractivity contribution in [1.29, 1.82) is 0 Å². The minimum Gasteiger partial charge on any atom is -0.481 e. The second-order valence-electron chi connectivity index (χ2n) is 5.46. The Morgan fingerprint density at radius 2 is 2.27 bits per heavy atom. The quantitative estimate of drug-likeness (QED) is 0.848. The van der Waals surface area contributed by atoms with Crippen molar-refractivity contribution in [2.75, 3.05) is 6.54 Å². The fraction of sp³-hybridized carbons (Fsp3) is 0.250. The molecule has 0 fully saturated rings. The summed E-state index contributed by atoms with van der Waals surface area (Å²) in [6.07, 6.45) is 6.01. The van der Waals surface area contributed by atoms with E-state index in [-0.39, 0.29) is 18.3 Å². The van der Waals surface area contributed by atoms with Crippen LogP contribution in [0.4, 0.5) is 0 Å². The molecule has 2 N–H and O–H groups in total. The van der Waals surface area contributed by atoms with Gasteiger partial charge in [0, 0.05) is 34.6 Å². The minimum atomic E-state index is -0.780. The molecule has 2 atom stereocenters. The summed E-state index contributed by atoms with van der Waals surface area (Å²) in [7, 11) is 0. The Bertz CT molecular complexity index is 794. The number of halogens is 1. The zero-order valence-electron chi connectivity index (χ0n) is 11.7. The SMILES string of the molecule is Cl.O=C(O)C1CN=C2c3cc4cc[nH]c4cc3OC=CC2C1. The first-order valence-electron chi connectivity index (χ1n) is 6.94. The van der Waals surface area contributed by atoms with Crippen molar-refractivity contribution >= 4 is 35.0 Å². The molecule has 0 radical (unpaired) electrons. The third-order valence-corrected chi connectivity index (χ3v) is 4.16. The Labute approximate surface area is 133 Å². The van der Waals surface area contributed by atoms with Crippen LogP contribution in [-0.2, 0) is 4.79 Å². The lowest BCUT2D eigenvalue weighted by Gasteiger charge is -2.24. The summed E-state index contributed by atoms with van der Waals surface area (Å²) < 4.78 is 5.68. The van der Waals surface area contributed by atoms with Gasteiger partial charge in [-0.25, -0.2) is 0 Å². The van der Waals surface area contributed by atoms with Crippen LogP contribution >= 0.6 is 12.4 Å². The van der Waals surface area contributed by atoms with Crippen LogP contribution in [0.15, 0.2) is 41.7 Å². The molecule has 1 aromatic heterocycles. The Morgan fingerprint density at radius 1 is 1.41 bits per heavy atom. The monoisotopic (exact) mass is 318 g/mol. The van der Waals surface area contributed by atoms with Gasteiger partial charge in [-0.3, -0.25) is 9.79 Å². The highest BCUT2D eigenvalue weighted by Gasteiger charge is 2.31. The normalized spacial score (nSPS) is 22.6. The zero-order valence-corrected chi connectivity index (χ0v) is 12.5. The van der Waals surface area contributed by atoms with Crippen LogP contribution in [0.2, 0.25) is 0 Å². The largest absolute Gasteiger partial charge is 0.481 e. The van der Waals surface area contributed by atoms with Gasteiger partial charge in [-0.2, -0.15) is 0 Å². The molecule has 2 aromatic rings. The topological polar surface area (TPSA) is 74.7 Å². The lowest BCUT2D eigenvalue weighted by Crippen LogP contribution is -2.29. The minimum absolute atomic E-state index is 0. The third-order valence-electron chi connectivity index (χ3n) is 4.16. The van der Waals surface area contributed by atoms with Gasteiger partial charge in [-0.1, -0.05) is 0 Å². The van der Waals surface area contributed by atoms with Gasteiger partial charge in [0.05, 0.1) is 24.4 Å². The van der Waals surface area contributed by atoms with E-state index in [1.54, 1.807) is 6.26 Å². The van der Waals surface area contributed by atoms with E-state index in [0.29, 0.717) is 13.0 Å². The molecule has 0 saturated heterocycles. The van der Waals surface area contributed by atoms with Gasteiger partial charge >= 0.3 is 5.97 Å². The number of carbonyl (C=O) groups is 1. The molecule has 6 heteroatoms. The van der Waals surface area contributed by atoms with E-state index in [2.05, 4.69) is 16.0 Å². The van der Waals surface area contributed by atoms with E-state index in [1.165, 1.54) is 0 Å². The molecule has 5 nitrogen and oxygen atoms in total. The van der Waals surface area contributed by atoms with E-state index >= 15 is 0 Å². The first-order chi connectivity index (χ1) is 10.2. The number of nitrogens with one attached hydrogen (secondary N) is 1. The summed E-state index contributed by atoms with van der Waals surface area (Å²) in [6.45, 7) is 0.333. The molecule has 0 bridgehead atoms. The summed E-state index contributed by atoms with van der Waals surface area (Å²) in [5, 5.41) is 10.3. The number of aromatic nitrogens is 1. The highest BCUT2D eigenvalue weighted by molar-refractivity contribution is 6.08. The lowest BCUT2D eigenvalue weighted by atomic mass is 9.84. The molecule has 2 aliphatic rings. The van der Waals surface area contributed by atoms with Gasteiger partial charge in [-0.15, -0.1) is 12.4 Å². The Balaban J connectivity index is 0.00000144. The number of ether oxygens (including phenoxy) is 1. The van der Waals surface area contributed by atoms with Gasteiger partial charge in [0.1, 0.15) is 5.75 Å². The molecule has 4 rings (SSSR count). The van der Waals surface area contributed by atoms with Crippen molar-refractivity contribution in [3.05, 3.63) is 42.3 Å². The highest BCUT2D eigenvalue weighted by Crippen LogP contribution is 2.34. The van der Waals surface area contributed by atoms with Crippen molar-refractivity contribution < 1.29 is 14.6 Å². The van der Waals surface area contributed by atoms with Crippen LogP contribution in [0.1, 0.15) is 12.0 Å². The van der Waals surface area contributed by atoms with Crippen LogP contribution in [0.25, 0.3) is 10.9 Å². The maximum atomic E-state index is 11.2. The number of allylic oxidation sites excluding steroid dienone is 1. The van der Waals surface area contributed by atoms with E-state index in [0.717, 1.165) is 27.9 Å². The van der Waals surface area contributed by atoms with E-state index in [4.69, 9.17) is 4.74 Å². The molecule has 114 valence electrons. The number of benzene rings is 1. The maximum Gasteiger partial charge on any atom is 0.308 e. The van der Waals surface area contributed by atoms with E-state index in [1.807, 2.05) is 24.4 Å². The number of aromatic amines is 1. The molecular weight excluding hydrogens is 304 g/mol. The van der Waals surface area contributed by atoms with Crippen LogP contribution in [0.3, 0.4) is 0 Å². The number of aliphatic imine (C=N–C) groups is 1. The van der Waals surface area contributed by atoms with E-state index in [9.17, 15) is 9.90 Å². The summed E-state index contributed by atoms with van der Waals surface area (Å²) in [6, 6.07) is 6.02. The van der Waals surface area contributed by atoms with Crippen molar-refractivity contribution in [3.8, 4) is 5.75 Å².